The number of amides is 1. The predicted octanol–water partition coefficient (Wildman–Crippen LogP) is 3.01. The second-order valence-electron chi connectivity index (χ2n) is 4.80. The molecule has 1 aromatic heterocycles. The van der Waals surface area contributed by atoms with Crippen molar-refractivity contribution in [3.8, 4) is 0 Å². The minimum Gasteiger partial charge on any atom is -0.468 e. The first kappa shape index (κ1) is 14.8. The molecule has 1 amide bonds. The molecule has 1 heterocycles. The van der Waals surface area contributed by atoms with Crippen molar-refractivity contribution in [1.29, 1.82) is 0 Å². The lowest BCUT2D eigenvalue weighted by Gasteiger charge is -2.25. The first-order chi connectivity index (χ1) is 9.49. The molecule has 0 radical (unpaired) electrons. The summed E-state index contributed by atoms with van der Waals surface area (Å²) in [6.45, 7) is 2.50. The van der Waals surface area contributed by atoms with Gasteiger partial charge in [-0.2, -0.15) is 0 Å². The molecule has 0 fully saturated rings. The molecule has 20 heavy (non-hydrogen) atoms. The van der Waals surface area contributed by atoms with Gasteiger partial charge in [-0.25, -0.2) is 0 Å². The highest BCUT2D eigenvalue weighted by atomic mass is 79.9. The Labute approximate surface area is 126 Å². The van der Waals surface area contributed by atoms with Gasteiger partial charge in [0.05, 0.1) is 12.8 Å². The largest absolute Gasteiger partial charge is 0.468 e. The van der Waals surface area contributed by atoms with Gasteiger partial charge >= 0.3 is 0 Å². The van der Waals surface area contributed by atoms with Crippen LogP contribution in [0.3, 0.4) is 0 Å². The Bertz CT molecular complexity index is 609. The summed E-state index contributed by atoms with van der Waals surface area (Å²) in [4.78, 5) is 13.7. The fraction of sp³-hybridized carbons (Fsp3) is 0.267. The van der Waals surface area contributed by atoms with E-state index < -0.39 is 6.04 Å². The first-order valence-corrected chi connectivity index (χ1v) is 7.06. The molecule has 1 unspecified atom stereocenters. The summed E-state index contributed by atoms with van der Waals surface area (Å²) < 4.78 is 6.34. The molecule has 4 nitrogen and oxygen atoms in total. The number of hydrogen-bond acceptors (Lipinski definition) is 3. The third-order valence-electron chi connectivity index (χ3n) is 3.24. The van der Waals surface area contributed by atoms with Gasteiger partial charge in [0.2, 0.25) is 5.91 Å². The molecular weight excluding hydrogens is 320 g/mol. The lowest BCUT2D eigenvalue weighted by molar-refractivity contribution is -0.123. The van der Waals surface area contributed by atoms with Crippen LogP contribution in [0.4, 0.5) is 0 Å². The number of aryl methyl sites for hydroxylation is 1. The van der Waals surface area contributed by atoms with Gasteiger partial charge in [0, 0.05) is 4.47 Å². The van der Waals surface area contributed by atoms with Crippen molar-refractivity contribution < 1.29 is 9.21 Å². The topological polar surface area (TPSA) is 59.5 Å². The fourth-order valence-electron chi connectivity index (χ4n) is 2.20. The Morgan fingerprint density at radius 2 is 2.20 bits per heavy atom. The van der Waals surface area contributed by atoms with E-state index in [0.717, 1.165) is 21.4 Å². The van der Waals surface area contributed by atoms with Gasteiger partial charge in [0.25, 0.3) is 0 Å². The van der Waals surface area contributed by atoms with Crippen LogP contribution in [0.1, 0.15) is 22.9 Å². The molecule has 0 aliphatic heterocycles. The van der Waals surface area contributed by atoms with Crippen molar-refractivity contribution >= 4 is 21.8 Å². The van der Waals surface area contributed by atoms with Gasteiger partial charge in [-0.15, -0.1) is 0 Å². The van der Waals surface area contributed by atoms with E-state index in [-0.39, 0.29) is 5.91 Å². The molecule has 0 bridgehead atoms. The predicted molar refractivity (Wildman–Crippen MR) is 81.0 cm³/mol. The van der Waals surface area contributed by atoms with E-state index in [2.05, 4.69) is 15.9 Å². The lowest BCUT2D eigenvalue weighted by Crippen LogP contribution is -2.35. The van der Waals surface area contributed by atoms with Crippen LogP contribution in [0.5, 0.6) is 0 Å². The highest BCUT2D eigenvalue weighted by molar-refractivity contribution is 9.10. The van der Waals surface area contributed by atoms with Crippen molar-refractivity contribution in [1.82, 2.24) is 4.90 Å². The molecule has 2 N–H and O–H groups in total. The number of carbonyl (C=O) groups excluding carboxylic acids is 1. The number of rotatable bonds is 5. The molecule has 0 aliphatic carbocycles. The van der Waals surface area contributed by atoms with Gasteiger partial charge in [-0.3, -0.25) is 9.69 Å². The normalized spacial score (nSPS) is 12.6. The molecule has 0 aliphatic rings. The monoisotopic (exact) mass is 336 g/mol. The molecule has 0 spiro atoms. The van der Waals surface area contributed by atoms with Gasteiger partial charge in [-0.1, -0.05) is 28.1 Å². The Morgan fingerprint density at radius 3 is 2.75 bits per heavy atom. The summed E-state index contributed by atoms with van der Waals surface area (Å²) in [5.41, 5.74) is 7.48. The second kappa shape index (κ2) is 6.24. The van der Waals surface area contributed by atoms with E-state index in [9.17, 15) is 4.79 Å². The van der Waals surface area contributed by atoms with Crippen LogP contribution < -0.4 is 5.73 Å². The number of nitrogens with zero attached hydrogens (tertiary/aromatic N) is 1. The SMILES string of the molecule is Cc1ccoc1CN(C)C(C(N)=O)c1cccc(Br)c1. The van der Waals surface area contributed by atoms with Crippen molar-refractivity contribution in [2.75, 3.05) is 7.05 Å². The second-order valence-corrected chi connectivity index (χ2v) is 5.72. The lowest BCUT2D eigenvalue weighted by atomic mass is 10.0. The van der Waals surface area contributed by atoms with Crippen LogP contribution in [0.15, 0.2) is 45.5 Å². The highest BCUT2D eigenvalue weighted by Crippen LogP contribution is 2.24. The zero-order chi connectivity index (χ0) is 14.7. The molecule has 1 atom stereocenters. The summed E-state index contributed by atoms with van der Waals surface area (Å²) in [5, 5.41) is 0. The number of carbonyl (C=O) groups is 1. The fourth-order valence-corrected chi connectivity index (χ4v) is 2.61. The van der Waals surface area contributed by atoms with Crippen LogP contribution >= 0.6 is 15.9 Å². The van der Waals surface area contributed by atoms with Crippen molar-refractivity contribution in [3.05, 3.63) is 58.0 Å². The van der Waals surface area contributed by atoms with Gasteiger partial charge in [-0.05, 0) is 43.3 Å². The van der Waals surface area contributed by atoms with Crippen LogP contribution in [-0.4, -0.2) is 17.9 Å². The Balaban J connectivity index is 2.25. The Morgan fingerprint density at radius 1 is 1.45 bits per heavy atom. The van der Waals surface area contributed by atoms with E-state index in [0.29, 0.717) is 6.54 Å². The number of likely N-dealkylation sites (N-methyl/N-ethyl adjacent to an activating group) is 1. The number of halogens is 1. The first-order valence-electron chi connectivity index (χ1n) is 6.27. The summed E-state index contributed by atoms with van der Waals surface area (Å²) in [5.74, 6) is 0.462. The number of hydrogen-bond donors (Lipinski definition) is 1. The van der Waals surface area contributed by atoms with Gasteiger partial charge < -0.3 is 10.2 Å². The minimum atomic E-state index is -0.489. The number of nitrogens with two attached hydrogens (primary N) is 1. The van der Waals surface area contributed by atoms with Crippen molar-refractivity contribution in [3.63, 3.8) is 0 Å². The minimum absolute atomic E-state index is 0.380. The average molecular weight is 337 g/mol. The molecule has 1 aromatic carbocycles. The van der Waals surface area contributed by atoms with Crippen LogP contribution in [-0.2, 0) is 11.3 Å². The Kier molecular flexibility index (Phi) is 4.62. The maximum Gasteiger partial charge on any atom is 0.239 e. The molecule has 0 saturated heterocycles. The number of primary amides is 1. The molecule has 0 saturated carbocycles. The Hall–Kier alpha value is -1.59. The van der Waals surface area contributed by atoms with E-state index in [1.165, 1.54) is 0 Å². The van der Waals surface area contributed by atoms with Crippen molar-refractivity contribution in [2.24, 2.45) is 5.73 Å². The summed E-state index contributed by atoms with van der Waals surface area (Å²) in [6, 6.07) is 9.02. The smallest absolute Gasteiger partial charge is 0.239 e. The quantitative estimate of drug-likeness (QED) is 0.912. The molecule has 5 heteroatoms. The van der Waals surface area contributed by atoms with E-state index >= 15 is 0 Å². The third kappa shape index (κ3) is 3.29. The number of benzene rings is 1. The molecule has 106 valence electrons. The van der Waals surface area contributed by atoms with Crippen molar-refractivity contribution in [2.45, 2.75) is 19.5 Å². The zero-order valence-corrected chi connectivity index (χ0v) is 13.1. The van der Waals surface area contributed by atoms with Crippen LogP contribution in [0.25, 0.3) is 0 Å². The zero-order valence-electron chi connectivity index (χ0n) is 11.5. The van der Waals surface area contributed by atoms with E-state index in [1.54, 1.807) is 6.26 Å². The molecular formula is C15H17BrN2O2. The highest BCUT2D eigenvalue weighted by Gasteiger charge is 2.24. The molecule has 2 aromatic rings. The third-order valence-corrected chi connectivity index (χ3v) is 3.73. The summed E-state index contributed by atoms with van der Waals surface area (Å²) in [6.07, 6.45) is 1.65. The van der Waals surface area contributed by atoms with E-state index in [4.69, 9.17) is 10.2 Å². The van der Waals surface area contributed by atoms with E-state index in [1.807, 2.05) is 49.2 Å². The number of furan rings is 1. The average Bonchev–Trinajstić information content (AvgIpc) is 2.74. The standard InChI is InChI=1S/C15H17BrN2O2/c1-10-6-7-20-13(10)9-18(2)14(15(17)19)11-4-3-5-12(16)8-11/h3-8,14H,9H2,1-2H3,(H2,17,19). The molecule has 2 rings (SSSR count). The van der Waals surface area contributed by atoms with Gasteiger partial charge in [0.1, 0.15) is 11.8 Å². The maximum atomic E-state index is 11.8. The summed E-state index contributed by atoms with van der Waals surface area (Å²) in [7, 11) is 1.86. The van der Waals surface area contributed by atoms with Gasteiger partial charge in [0.15, 0.2) is 0 Å². The summed E-state index contributed by atoms with van der Waals surface area (Å²) >= 11 is 3.41. The maximum absolute atomic E-state index is 11.8. The van der Waals surface area contributed by atoms with Crippen LogP contribution in [0, 0.1) is 6.92 Å². The van der Waals surface area contributed by atoms with Crippen LogP contribution in [0.2, 0.25) is 0 Å².